The van der Waals surface area contributed by atoms with Crippen LogP contribution >= 0.6 is 23.2 Å². The van der Waals surface area contributed by atoms with E-state index in [0.717, 1.165) is 0 Å². The van der Waals surface area contributed by atoms with E-state index in [4.69, 9.17) is 33.8 Å². The minimum absolute atomic E-state index is 0.00713. The van der Waals surface area contributed by atoms with Gasteiger partial charge in [0, 0.05) is 4.91 Å². The van der Waals surface area contributed by atoms with E-state index in [1.165, 1.54) is 12.1 Å². The highest BCUT2D eigenvalue weighted by Crippen LogP contribution is 2.34. The first kappa shape index (κ1) is 10.7. The lowest BCUT2D eigenvalue weighted by atomic mass is 10.2. The Morgan fingerprint density at radius 1 is 1.43 bits per heavy atom. The quantitative estimate of drug-likeness (QED) is 0.479. The van der Waals surface area contributed by atoms with Crippen molar-refractivity contribution < 1.29 is 9.90 Å². The van der Waals surface area contributed by atoms with Crippen molar-refractivity contribution in [3.63, 3.8) is 0 Å². The van der Waals surface area contributed by atoms with Crippen LogP contribution in [0.3, 0.4) is 0 Å². The van der Waals surface area contributed by atoms with Crippen molar-refractivity contribution in [1.82, 2.24) is 0 Å². The van der Waals surface area contributed by atoms with Gasteiger partial charge < -0.3 is 5.11 Å². The van der Waals surface area contributed by atoms with Gasteiger partial charge in [0.15, 0.2) is 0 Å². The summed E-state index contributed by atoms with van der Waals surface area (Å²) in [5.74, 6) is -1.15. The molecular formula is C7H3Cl2N3O2. The van der Waals surface area contributed by atoms with Crippen LogP contribution in [0.25, 0.3) is 10.4 Å². The van der Waals surface area contributed by atoms with Crippen LogP contribution in [0.1, 0.15) is 10.4 Å². The molecule has 0 atom stereocenters. The van der Waals surface area contributed by atoms with Crippen molar-refractivity contribution in [1.29, 1.82) is 0 Å². The predicted octanol–water partition coefficient (Wildman–Crippen LogP) is 3.63. The highest BCUT2D eigenvalue weighted by atomic mass is 35.5. The van der Waals surface area contributed by atoms with Crippen LogP contribution in [0.5, 0.6) is 0 Å². The van der Waals surface area contributed by atoms with Gasteiger partial charge in [-0.3, -0.25) is 0 Å². The molecule has 0 fully saturated rings. The number of carbonyl (C=O) groups is 1. The molecule has 1 rings (SSSR count). The zero-order chi connectivity index (χ0) is 10.7. The van der Waals surface area contributed by atoms with Crippen LogP contribution in [-0.2, 0) is 0 Å². The lowest BCUT2D eigenvalue weighted by Gasteiger charge is -2.01. The Morgan fingerprint density at radius 3 is 2.29 bits per heavy atom. The molecule has 14 heavy (non-hydrogen) atoms. The Bertz CT molecular complexity index is 418. The minimum Gasteiger partial charge on any atom is -0.478 e. The Hall–Kier alpha value is -1.42. The van der Waals surface area contributed by atoms with Gasteiger partial charge >= 0.3 is 5.97 Å². The van der Waals surface area contributed by atoms with Crippen molar-refractivity contribution in [2.75, 3.05) is 0 Å². The number of nitrogens with zero attached hydrogens (tertiary/aromatic N) is 3. The molecule has 1 aromatic rings. The number of benzene rings is 1. The summed E-state index contributed by atoms with van der Waals surface area (Å²) in [6.45, 7) is 0. The molecule has 0 aromatic heterocycles. The molecular weight excluding hydrogens is 229 g/mol. The number of halogens is 2. The molecule has 0 aliphatic carbocycles. The van der Waals surface area contributed by atoms with Gasteiger partial charge in [0.1, 0.15) is 0 Å². The molecule has 0 aliphatic rings. The summed E-state index contributed by atoms with van der Waals surface area (Å²) in [5, 5.41) is 11.9. The van der Waals surface area contributed by atoms with Crippen molar-refractivity contribution in [2.45, 2.75) is 0 Å². The normalized spacial score (nSPS) is 9.29. The number of aromatic carboxylic acids is 1. The zero-order valence-electron chi connectivity index (χ0n) is 6.61. The Kier molecular flexibility index (Phi) is 3.19. The fourth-order valence-corrected chi connectivity index (χ4v) is 1.39. The van der Waals surface area contributed by atoms with Gasteiger partial charge in [-0.2, -0.15) is 0 Å². The number of azide groups is 1. The number of carboxylic acid groups (broad SMARTS) is 1. The molecule has 0 spiro atoms. The van der Waals surface area contributed by atoms with Crippen LogP contribution in [0.15, 0.2) is 17.2 Å². The van der Waals surface area contributed by atoms with Crippen molar-refractivity contribution in [3.05, 3.63) is 38.2 Å². The number of hydrogen-bond acceptors (Lipinski definition) is 2. The van der Waals surface area contributed by atoms with Crippen molar-refractivity contribution >= 4 is 34.9 Å². The van der Waals surface area contributed by atoms with E-state index in [2.05, 4.69) is 10.0 Å². The van der Waals surface area contributed by atoms with Gasteiger partial charge in [0.2, 0.25) is 0 Å². The fraction of sp³-hybridized carbons (Fsp3) is 0. The third-order valence-electron chi connectivity index (χ3n) is 1.41. The number of carboxylic acids is 1. The summed E-state index contributed by atoms with van der Waals surface area (Å²) in [6, 6.07) is 2.33. The summed E-state index contributed by atoms with van der Waals surface area (Å²) in [4.78, 5) is 13.1. The molecule has 1 N–H and O–H groups in total. The van der Waals surface area contributed by atoms with Crippen LogP contribution in [0.4, 0.5) is 5.69 Å². The molecule has 0 aliphatic heterocycles. The second-order valence-electron chi connectivity index (χ2n) is 2.28. The lowest BCUT2D eigenvalue weighted by Crippen LogP contribution is -1.95. The maximum atomic E-state index is 10.6. The highest BCUT2D eigenvalue weighted by Gasteiger charge is 2.10. The van der Waals surface area contributed by atoms with E-state index in [0.29, 0.717) is 0 Å². The summed E-state index contributed by atoms with van der Waals surface area (Å²) >= 11 is 11.3. The summed E-state index contributed by atoms with van der Waals surface area (Å²) < 4.78 is 0. The largest absolute Gasteiger partial charge is 0.478 e. The highest BCUT2D eigenvalue weighted by molar-refractivity contribution is 6.39. The first-order valence-corrected chi connectivity index (χ1v) is 4.09. The van der Waals surface area contributed by atoms with Gasteiger partial charge in [0.05, 0.1) is 21.3 Å². The molecule has 0 saturated heterocycles. The molecule has 0 saturated carbocycles. The van der Waals surface area contributed by atoms with E-state index in [9.17, 15) is 4.79 Å². The Labute approximate surface area is 88.5 Å². The van der Waals surface area contributed by atoms with Crippen LogP contribution in [0, 0.1) is 0 Å². The standard InChI is InChI=1S/C7H3Cl2N3O2/c8-4-1-3(7(13)14)2-5(9)6(4)11-12-10/h1-2H,(H,13,14). The summed E-state index contributed by atoms with van der Waals surface area (Å²) in [6.07, 6.45) is 0. The molecule has 7 heteroatoms. The maximum absolute atomic E-state index is 10.6. The van der Waals surface area contributed by atoms with Crippen LogP contribution in [0.2, 0.25) is 10.0 Å². The van der Waals surface area contributed by atoms with Gasteiger partial charge in [-0.15, -0.1) is 0 Å². The van der Waals surface area contributed by atoms with Crippen molar-refractivity contribution in [3.8, 4) is 0 Å². The first-order chi connectivity index (χ1) is 6.56. The van der Waals surface area contributed by atoms with E-state index in [1.807, 2.05) is 0 Å². The van der Waals surface area contributed by atoms with Crippen LogP contribution < -0.4 is 0 Å². The van der Waals surface area contributed by atoms with Gasteiger partial charge in [-0.05, 0) is 17.7 Å². The topological polar surface area (TPSA) is 86.1 Å². The monoisotopic (exact) mass is 231 g/mol. The average molecular weight is 232 g/mol. The number of rotatable bonds is 2. The molecule has 0 heterocycles. The van der Waals surface area contributed by atoms with Gasteiger partial charge in [-0.1, -0.05) is 28.3 Å². The molecule has 0 unspecified atom stereocenters. The molecule has 1 aromatic carbocycles. The molecule has 0 amide bonds. The molecule has 0 radical (unpaired) electrons. The van der Waals surface area contributed by atoms with E-state index in [1.54, 1.807) is 0 Å². The fourth-order valence-electron chi connectivity index (χ4n) is 0.829. The van der Waals surface area contributed by atoms with E-state index in [-0.39, 0.29) is 21.3 Å². The molecule has 0 bridgehead atoms. The maximum Gasteiger partial charge on any atom is 0.335 e. The third-order valence-corrected chi connectivity index (χ3v) is 1.98. The summed E-state index contributed by atoms with van der Waals surface area (Å²) in [5.41, 5.74) is 8.14. The number of hydrogen-bond donors (Lipinski definition) is 1. The van der Waals surface area contributed by atoms with Crippen molar-refractivity contribution in [2.24, 2.45) is 5.11 Å². The zero-order valence-corrected chi connectivity index (χ0v) is 8.12. The third kappa shape index (κ3) is 2.09. The smallest absolute Gasteiger partial charge is 0.335 e. The van der Waals surface area contributed by atoms with Crippen LogP contribution in [-0.4, -0.2) is 11.1 Å². The van der Waals surface area contributed by atoms with E-state index < -0.39 is 5.97 Å². The van der Waals surface area contributed by atoms with E-state index >= 15 is 0 Å². The predicted molar refractivity (Wildman–Crippen MR) is 52.2 cm³/mol. The molecule has 5 nitrogen and oxygen atoms in total. The van der Waals surface area contributed by atoms with Gasteiger partial charge in [-0.25, -0.2) is 4.79 Å². The molecule has 72 valence electrons. The second kappa shape index (κ2) is 4.19. The lowest BCUT2D eigenvalue weighted by molar-refractivity contribution is 0.0697. The average Bonchev–Trinajstić information content (AvgIpc) is 2.10. The minimum atomic E-state index is -1.15. The second-order valence-corrected chi connectivity index (χ2v) is 3.10. The SMILES string of the molecule is [N-]=[N+]=Nc1c(Cl)cc(C(=O)O)cc1Cl. The Balaban J connectivity index is 3.39. The summed E-state index contributed by atoms with van der Waals surface area (Å²) in [7, 11) is 0. The Morgan fingerprint density at radius 2 is 1.93 bits per heavy atom. The van der Waals surface area contributed by atoms with Gasteiger partial charge in [0.25, 0.3) is 0 Å². The first-order valence-electron chi connectivity index (χ1n) is 3.33.